The predicted octanol–water partition coefficient (Wildman–Crippen LogP) is 2.78. The third kappa shape index (κ3) is 3.62. The number of fused-ring (bicyclic) bond motifs is 1. The van der Waals surface area contributed by atoms with Crippen molar-refractivity contribution in [1.82, 2.24) is 4.90 Å². The Kier molecular flexibility index (Phi) is 5.29. The van der Waals surface area contributed by atoms with E-state index in [1.165, 1.54) is 36.9 Å². The minimum Gasteiger partial charge on any atom is -0.497 e. The zero-order valence-corrected chi connectivity index (χ0v) is 11.7. The summed E-state index contributed by atoms with van der Waals surface area (Å²) in [5, 5.41) is 0. The van der Waals surface area contributed by atoms with Crippen molar-refractivity contribution in [1.29, 1.82) is 0 Å². The summed E-state index contributed by atoms with van der Waals surface area (Å²) in [6, 6.07) is 6.51. The molecular formula is C14H22ClNO. The second-order valence-electron chi connectivity index (χ2n) is 5.01. The molecule has 2 rings (SSSR count). The molecule has 0 heterocycles. The van der Waals surface area contributed by atoms with E-state index in [1.54, 1.807) is 7.11 Å². The van der Waals surface area contributed by atoms with Crippen molar-refractivity contribution in [3.63, 3.8) is 0 Å². The Balaban J connectivity index is 0.00000144. The third-order valence-electron chi connectivity index (χ3n) is 3.37. The quantitative estimate of drug-likeness (QED) is 0.824. The summed E-state index contributed by atoms with van der Waals surface area (Å²) < 4.78 is 5.26. The first-order valence-corrected chi connectivity index (χ1v) is 5.99. The van der Waals surface area contributed by atoms with Crippen molar-refractivity contribution < 1.29 is 4.74 Å². The van der Waals surface area contributed by atoms with Crippen LogP contribution in [0.3, 0.4) is 0 Å². The minimum absolute atomic E-state index is 0. The van der Waals surface area contributed by atoms with Gasteiger partial charge in [-0.05, 0) is 62.5 Å². The van der Waals surface area contributed by atoms with Gasteiger partial charge in [0.15, 0.2) is 0 Å². The van der Waals surface area contributed by atoms with E-state index in [9.17, 15) is 0 Å². The van der Waals surface area contributed by atoms with Crippen LogP contribution in [0.25, 0.3) is 0 Å². The molecule has 0 bridgehead atoms. The molecular weight excluding hydrogens is 234 g/mol. The second-order valence-corrected chi connectivity index (χ2v) is 5.01. The normalized spacial score (nSPS) is 18.5. The molecule has 96 valence electrons. The fourth-order valence-corrected chi connectivity index (χ4v) is 2.61. The van der Waals surface area contributed by atoms with E-state index in [0.29, 0.717) is 0 Å². The van der Waals surface area contributed by atoms with E-state index in [1.807, 2.05) is 0 Å². The van der Waals surface area contributed by atoms with Crippen LogP contribution in [0, 0.1) is 5.92 Å². The Morgan fingerprint density at radius 3 is 2.71 bits per heavy atom. The maximum Gasteiger partial charge on any atom is 0.119 e. The average molecular weight is 256 g/mol. The monoisotopic (exact) mass is 255 g/mol. The first-order valence-electron chi connectivity index (χ1n) is 5.99. The molecule has 0 saturated heterocycles. The molecule has 1 atom stereocenters. The standard InChI is InChI=1S/C14H21NO.ClH/c1-15(2)10-11-4-5-13-9-14(16-3)7-6-12(13)8-11;/h6-7,9,11H,4-5,8,10H2,1-3H3;1H. The van der Waals surface area contributed by atoms with Crippen molar-refractivity contribution in [2.45, 2.75) is 19.3 Å². The molecule has 0 aliphatic heterocycles. The summed E-state index contributed by atoms with van der Waals surface area (Å²) in [4.78, 5) is 2.29. The van der Waals surface area contributed by atoms with Gasteiger partial charge in [0.25, 0.3) is 0 Å². The second kappa shape index (κ2) is 6.27. The summed E-state index contributed by atoms with van der Waals surface area (Å²) in [7, 11) is 6.05. The van der Waals surface area contributed by atoms with Crippen molar-refractivity contribution in [2.24, 2.45) is 5.92 Å². The Morgan fingerprint density at radius 2 is 2.06 bits per heavy atom. The summed E-state index contributed by atoms with van der Waals surface area (Å²) in [6.07, 6.45) is 3.72. The molecule has 1 aliphatic rings. The minimum atomic E-state index is 0. The summed E-state index contributed by atoms with van der Waals surface area (Å²) in [5.41, 5.74) is 2.99. The molecule has 1 unspecified atom stereocenters. The average Bonchev–Trinajstić information content (AvgIpc) is 2.27. The molecule has 2 nitrogen and oxygen atoms in total. The number of benzene rings is 1. The van der Waals surface area contributed by atoms with E-state index >= 15 is 0 Å². The molecule has 3 heteroatoms. The Hall–Kier alpha value is -0.730. The first kappa shape index (κ1) is 14.3. The topological polar surface area (TPSA) is 12.5 Å². The van der Waals surface area contributed by atoms with Crippen LogP contribution in [0.1, 0.15) is 17.5 Å². The largest absolute Gasteiger partial charge is 0.497 e. The third-order valence-corrected chi connectivity index (χ3v) is 3.37. The van der Waals surface area contributed by atoms with Crippen molar-refractivity contribution in [3.05, 3.63) is 29.3 Å². The lowest BCUT2D eigenvalue weighted by Crippen LogP contribution is -2.26. The van der Waals surface area contributed by atoms with Gasteiger partial charge in [0, 0.05) is 6.54 Å². The van der Waals surface area contributed by atoms with Crippen molar-refractivity contribution in [2.75, 3.05) is 27.7 Å². The SMILES string of the molecule is COc1ccc2c(c1)CCC(CN(C)C)C2.Cl. The fourth-order valence-electron chi connectivity index (χ4n) is 2.61. The Morgan fingerprint density at radius 1 is 1.29 bits per heavy atom. The van der Waals surface area contributed by atoms with E-state index in [4.69, 9.17) is 4.74 Å². The Labute approximate surface area is 110 Å². The maximum atomic E-state index is 5.26. The molecule has 0 spiro atoms. The molecule has 1 aliphatic carbocycles. The maximum absolute atomic E-state index is 5.26. The smallest absolute Gasteiger partial charge is 0.119 e. The van der Waals surface area contributed by atoms with Gasteiger partial charge in [-0.1, -0.05) is 6.07 Å². The van der Waals surface area contributed by atoms with Gasteiger partial charge in [-0.15, -0.1) is 12.4 Å². The van der Waals surface area contributed by atoms with Crippen LogP contribution in [0.4, 0.5) is 0 Å². The van der Waals surface area contributed by atoms with Crippen LogP contribution in [0.15, 0.2) is 18.2 Å². The Bertz CT molecular complexity index is 365. The lowest BCUT2D eigenvalue weighted by atomic mass is 9.83. The predicted molar refractivity (Wildman–Crippen MR) is 74.3 cm³/mol. The summed E-state index contributed by atoms with van der Waals surface area (Å²) in [5.74, 6) is 1.81. The number of methoxy groups -OCH3 is 1. The molecule has 0 amide bonds. The van der Waals surface area contributed by atoms with E-state index < -0.39 is 0 Å². The highest BCUT2D eigenvalue weighted by Crippen LogP contribution is 2.28. The van der Waals surface area contributed by atoms with Gasteiger partial charge in [0.05, 0.1) is 7.11 Å². The molecule has 0 N–H and O–H groups in total. The van der Waals surface area contributed by atoms with Gasteiger partial charge < -0.3 is 9.64 Å². The summed E-state index contributed by atoms with van der Waals surface area (Å²) in [6.45, 7) is 1.20. The van der Waals surface area contributed by atoms with Gasteiger partial charge in [-0.2, -0.15) is 0 Å². The van der Waals surface area contributed by atoms with Gasteiger partial charge in [0.2, 0.25) is 0 Å². The molecule has 0 fully saturated rings. The lowest BCUT2D eigenvalue weighted by Gasteiger charge is -2.27. The first-order chi connectivity index (χ1) is 7.69. The van der Waals surface area contributed by atoms with Gasteiger partial charge in [-0.25, -0.2) is 0 Å². The number of hydrogen-bond donors (Lipinski definition) is 0. The number of ether oxygens (including phenoxy) is 1. The van der Waals surface area contributed by atoms with Crippen LogP contribution < -0.4 is 4.74 Å². The zero-order chi connectivity index (χ0) is 11.5. The number of nitrogens with zero attached hydrogens (tertiary/aromatic N) is 1. The molecule has 0 radical (unpaired) electrons. The van der Waals surface area contributed by atoms with Gasteiger partial charge in [-0.3, -0.25) is 0 Å². The zero-order valence-electron chi connectivity index (χ0n) is 10.9. The van der Waals surface area contributed by atoms with Crippen LogP contribution in [-0.2, 0) is 12.8 Å². The summed E-state index contributed by atoms with van der Waals surface area (Å²) >= 11 is 0. The van der Waals surface area contributed by atoms with Crippen molar-refractivity contribution >= 4 is 12.4 Å². The van der Waals surface area contributed by atoms with Crippen molar-refractivity contribution in [3.8, 4) is 5.75 Å². The molecule has 1 aromatic carbocycles. The molecule has 0 aromatic heterocycles. The number of rotatable bonds is 3. The fraction of sp³-hybridized carbons (Fsp3) is 0.571. The molecule has 17 heavy (non-hydrogen) atoms. The van der Waals surface area contributed by atoms with E-state index in [-0.39, 0.29) is 12.4 Å². The van der Waals surface area contributed by atoms with Crippen LogP contribution in [0.5, 0.6) is 5.75 Å². The van der Waals surface area contributed by atoms with Gasteiger partial charge >= 0.3 is 0 Å². The number of aryl methyl sites for hydroxylation is 1. The highest BCUT2D eigenvalue weighted by Gasteiger charge is 2.19. The van der Waals surface area contributed by atoms with Crippen LogP contribution in [-0.4, -0.2) is 32.6 Å². The number of hydrogen-bond acceptors (Lipinski definition) is 2. The highest BCUT2D eigenvalue weighted by atomic mass is 35.5. The van der Waals surface area contributed by atoms with E-state index in [2.05, 4.69) is 37.2 Å². The number of halogens is 1. The molecule has 0 saturated carbocycles. The highest BCUT2D eigenvalue weighted by molar-refractivity contribution is 5.85. The van der Waals surface area contributed by atoms with E-state index in [0.717, 1.165) is 11.7 Å². The lowest BCUT2D eigenvalue weighted by molar-refractivity contribution is 0.302. The van der Waals surface area contributed by atoms with Crippen LogP contribution in [0.2, 0.25) is 0 Å². The van der Waals surface area contributed by atoms with Crippen LogP contribution >= 0.6 is 12.4 Å². The van der Waals surface area contributed by atoms with Gasteiger partial charge in [0.1, 0.15) is 5.75 Å². The molecule has 1 aromatic rings.